The number of nitrogens with zero attached hydrogens (tertiary/aromatic N) is 1. The zero-order chi connectivity index (χ0) is 13.9. The van der Waals surface area contributed by atoms with Crippen LogP contribution in [0.5, 0.6) is 0 Å². The van der Waals surface area contributed by atoms with Crippen LogP contribution < -0.4 is 11.1 Å². The summed E-state index contributed by atoms with van der Waals surface area (Å²) in [6, 6.07) is 1.33. The van der Waals surface area contributed by atoms with Gasteiger partial charge in [0.1, 0.15) is 0 Å². The topological polar surface area (TPSA) is 81.2 Å². The maximum atomic E-state index is 13.5. The Morgan fingerprint density at radius 1 is 1.44 bits per heavy atom. The van der Waals surface area contributed by atoms with Gasteiger partial charge in [-0.15, -0.1) is 0 Å². The first-order valence-corrected chi connectivity index (χ1v) is 5.46. The maximum Gasteiger partial charge on any atom is 0.295 e. The molecule has 18 heavy (non-hydrogen) atoms. The lowest BCUT2D eigenvalue weighted by atomic mass is 10.1. The van der Waals surface area contributed by atoms with Crippen molar-refractivity contribution in [1.29, 1.82) is 0 Å². The predicted molar refractivity (Wildman–Crippen MR) is 64.3 cm³/mol. The average Bonchev–Trinajstić information content (AvgIpc) is 2.29. The molecule has 0 heterocycles. The molecule has 0 aliphatic heterocycles. The molecule has 0 saturated heterocycles. The number of rotatable bonds is 5. The van der Waals surface area contributed by atoms with Gasteiger partial charge in [-0.2, -0.15) is 0 Å². The summed E-state index contributed by atoms with van der Waals surface area (Å²) in [5, 5.41) is 13.2. The zero-order valence-corrected chi connectivity index (χ0v) is 10.1. The van der Waals surface area contributed by atoms with Crippen molar-refractivity contribution in [1.82, 2.24) is 0 Å². The molecule has 5 nitrogen and oxygen atoms in total. The van der Waals surface area contributed by atoms with Gasteiger partial charge in [0, 0.05) is 18.7 Å². The summed E-state index contributed by atoms with van der Waals surface area (Å²) >= 11 is 0. The molecule has 0 aromatic heterocycles. The summed E-state index contributed by atoms with van der Waals surface area (Å²) < 4.78 is 26.5. The molecule has 1 atom stereocenters. The van der Waals surface area contributed by atoms with E-state index in [1.807, 2.05) is 13.8 Å². The fraction of sp³-hybridized carbons (Fsp3) is 0.455. The molecule has 7 heteroatoms. The highest BCUT2D eigenvalue weighted by atomic mass is 19.2. The van der Waals surface area contributed by atoms with E-state index in [1.54, 1.807) is 0 Å². The normalized spacial score (nSPS) is 12.6. The number of anilines is 1. The zero-order valence-electron chi connectivity index (χ0n) is 10.1. The lowest BCUT2D eigenvalue weighted by Crippen LogP contribution is -2.34. The average molecular weight is 259 g/mol. The van der Waals surface area contributed by atoms with Gasteiger partial charge in [-0.3, -0.25) is 10.1 Å². The summed E-state index contributed by atoms with van der Waals surface area (Å²) in [5.74, 6) is -2.28. The molecule has 0 aliphatic carbocycles. The molecule has 1 rings (SSSR count). The third-order valence-electron chi connectivity index (χ3n) is 2.64. The number of hydrogen-bond donors (Lipinski definition) is 2. The van der Waals surface area contributed by atoms with E-state index >= 15 is 0 Å². The second-order valence-electron chi connectivity index (χ2n) is 4.30. The fourth-order valence-electron chi connectivity index (χ4n) is 1.32. The van der Waals surface area contributed by atoms with Gasteiger partial charge in [0.25, 0.3) is 5.69 Å². The Morgan fingerprint density at radius 3 is 2.56 bits per heavy atom. The first-order valence-electron chi connectivity index (χ1n) is 5.46. The molecule has 3 N–H and O–H groups in total. The molecule has 1 aromatic rings. The van der Waals surface area contributed by atoms with E-state index in [-0.39, 0.29) is 18.5 Å². The van der Waals surface area contributed by atoms with Crippen molar-refractivity contribution < 1.29 is 13.7 Å². The van der Waals surface area contributed by atoms with Crippen LogP contribution in [0.25, 0.3) is 0 Å². The minimum absolute atomic E-state index is 0.119. The monoisotopic (exact) mass is 259 g/mol. The highest BCUT2D eigenvalue weighted by molar-refractivity contribution is 5.62. The van der Waals surface area contributed by atoms with Gasteiger partial charge in [0.15, 0.2) is 17.3 Å². The van der Waals surface area contributed by atoms with Gasteiger partial charge in [-0.1, -0.05) is 13.8 Å². The van der Waals surface area contributed by atoms with Gasteiger partial charge in [0.2, 0.25) is 0 Å². The van der Waals surface area contributed by atoms with Crippen LogP contribution in [0.15, 0.2) is 12.1 Å². The lowest BCUT2D eigenvalue weighted by Gasteiger charge is -2.17. The lowest BCUT2D eigenvalue weighted by molar-refractivity contribution is -0.384. The first-order chi connectivity index (χ1) is 8.34. The SMILES string of the molecule is CC(C)C(N)CNc1c([N+](=O)[O-])ccc(F)c1F. The standard InChI is InChI=1S/C11H15F2N3O2/c1-6(2)8(14)5-15-11-9(16(17)18)4-3-7(12)10(11)13/h3-4,6,8,15H,5,14H2,1-2H3. The summed E-state index contributed by atoms with van der Waals surface area (Å²) in [7, 11) is 0. The summed E-state index contributed by atoms with van der Waals surface area (Å²) in [6.07, 6.45) is 0. The van der Waals surface area contributed by atoms with Crippen LogP contribution in [0.3, 0.4) is 0 Å². The molecular weight excluding hydrogens is 244 g/mol. The minimum atomic E-state index is -1.26. The predicted octanol–water partition coefficient (Wildman–Crippen LogP) is 2.27. The van der Waals surface area contributed by atoms with E-state index in [9.17, 15) is 18.9 Å². The molecule has 0 fully saturated rings. The highest BCUT2D eigenvalue weighted by Crippen LogP contribution is 2.29. The van der Waals surface area contributed by atoms with Gasteiger partial charge >= 0.3 is 0 Å². The van der Waals surface area contributed by atoms with Crippen molar-refractivity contribution in [3.8, 4) is 0 Å². The van der Waals surface area contributed by atoms with E-state index in [2.05, 4.69) is 5.32 Å². The van der Waals surface area contributed by atoms with Crippen molar-refractivity contribution in [3.63, 3.8) is 0 Å². The van der Waals surface area contributed by atoms with Crippen LogP contribution in [0.4, 0.5) is 20.2 Å². The van der Waals surface area contributed by atoms with Gasteiger partial charge in [-0.25, -0.2) is 8.78 Å². The van der Waals surface area contributed by atoms with E-state index < -0.39 is 27.9 Å². The largest absolute Gasteiger partial charge is 0.375 e. The summed E-state index contributed by atoms with van der Waals surface area (Å²) in [5.41, 5.74) is 4.76. The number of benzene rings is 1. The second kappa shape index (κ2) is 5.72. The molecular formula is C11H15F2N3O2. The molecule has 1 aromatic carbocycles. The summed E-state index contributed by atoms with van der Waals surface area (Å²) in [6.45, 7) is 3.85. The molecule has 0 bridgehead atoms. The Bertz CT molecular complexity index is 452. The number of nitrogens with one attached hydrogen (secondary N) is 1. The Morgan fingerprint density at radius 2 is 2.06 bits per heavy atom. The second-order valence-corrected chi connectivity index (χ2v) is 4.30. The van der Waals surface area contributed by atoms with Gasteiger partial charge in [0.05, 0.1) is 4.92 Å². The fourth-order valence-corrected chi connectivity index (χ4v) is 1.32. The molecule has 100 valence electrons. The Hall–Kier alpha value is -1.76. The Labute approximate surface area is 103 Å². The smallest absolute Gasteiger partial charge is 0.295 e. The number of hydrogen-bond acceptors (Lipinski definition) is 4. The van der Waals surface area contributed by atoms with Gasteiger partial charge in [-0.05, 0) is 12.0 Å². The van der Waals surface area contributed by atoms with Crippen molar-refractivity contribution in [2.75, 3.05) is 11.9 Å². The van der Waals surface area contributed by atoms with Crippen LogP contribution in [0, 0.1) is 27.7 Å². The molecule has 0 spiro atoms. The van der Waals surface area contributed by atoms with Crippen LogP contribution in [0.1, 0.15) is 13.8 Å². The molecule has 0 radical (unpaired) electrons. The number of halogens is 2. The van der Waals surface area contributed by atoms with Crippen LogP contribution >= 0.6 is 0 Å². The van der Waals surface area contributed by atoms with Crippen molar-refractivity contribution in [3.05, 3.63) is 33.9 Å². The van der Waals surface area contributed by atoms with Crippen LogP contribution in [0.2, 0.25) is 0 Å². The first kappa shape index (κ1) is 14.3. The maximum absolute atomic E-state index is 13.5. The minimum Gasteiger partial charge on any atom is -0.375 e. The van der Waals surface area contributed by atoms with Crippen molar-refractivity contribution in [2.45, 2.75) is 19.9 Å². The summed E-state index contributed by atoms with van der Waals surface area (Å²) in [4.78, 5) is 9.94. The van der Waals surface area contributed by atoms with Crippen LogP contribution in [-0.2, 0) is 0 Å². The molecule has 0 aliphatic rings. The number of nitro groups is 1. The highest BCUT2D eigenvalue weighted by Gasteiger charge is 2.22. The van der Waals surface area contributed by atoms with Crippen molar-refractivity contribution in [2.24, 2.45) is 11.7 Å². The van der Waals surface area contributed by atoms with Gasteiger partial charge < -0.3 is 11.1 Å². The molecule has 0 amide bonds. The van der Waals surface area contributed by atoms with E-state index in [1.165, 1.54) is 0 Å². The third-order valence-corrected chi connectivity index (χ3v) is 2.64. The van der Waals surface area contributed by atoms with E-state index in [4.69, 9.17) is 5.73 Å². The van der Waals surface area contributed by atoms with E-state index in [0.29, 0.717) is 0 Å². The number of nitrogens with two attached hydrogens (primary N) is 1. The number of nitro benzene ring substituents is 1. The molecule has 0 saturated carbocycles. The quantitative estimate of drug-likeness (QED) is 0.627. The Balaban J connectivity index is 2.99. The molecule has 1 unspecified atom stereocenters. The third kappa shape index (κ3) is 3.13. The van der Waals surface area contributed by atoms with E-state index in [0.717, 1.165) is 12.1 Å². The van der Waals surface area contributed by atoms with Crippen LogP contribution in [-0.4, -0.2) is 17.5 Å². The Kier molecular flexibility index (Phi) is 4.55. The van der Waals surface area contributed by atoms with Crippen molar-refractivity contribution >= 4 is 11.4 Å².